The Morgan fingerprint density at radius 1 is 1.03 bits per heavy atom. The second-order valence-electron chi connectivity index (χ2n) is 8.88. The smallest absolute Gasteiger partial charge is 0.318 e. The molecule has 0 bridgehead atoms. The second-order valence-corrected chi connectivity index (χ2v) is 8.88. The maximum absolute atomic E-state index is 13.7. The Morgan fingerprint density at radius 2 is 1.78 bits per heavy atom. The molecule has 5 rings (SSSR count). The molecule has 36 heavy (non-hydrogen) atoms. The molecule has 186 valence electrons. The number of ether oxygens (including phenoxy) is 1. The summed E-state index contributed by atoms with van der Waals surface area (Å²) in [5.74, 6) is 0.991. The molecule has 2 aromatic carbocycles. The summed E-state index contributed by atoms with van der Waals surface area (Å²) >= 11 is 0. The highest BCUT2D eigenvalue weighted by molar-refractivity contribution is 5.76. The van der Waals surface area contributed by atoms with Crippen molar-refractivity contribution < 1.29 is 9.53 Å². The van der Waals surface area contributed by atoms with Gasteiger partial charge >= 0.3 is 6.03 Å². The van der Waals surface area contributed by atoms with Crippen LogP contribution in [0.3, 0.4) is 0 Å². The number of aromatic nitrogens is 3. The molecule has 0 radical (unpaired) electrons. The lowest BCUT2D eigenvalue weighted by molar-refractivity contribution is 0.143. The van der Waals surface area contributed by atoms with Crippen LogP contribution in [0.4, 0.5) is 4.79 Å². The van der Waals surface area contributed by atoms with Gasteiger partial charge in [0.2, 0.25) is 0 Å². The molecule has 0 spiro atoms. The third-order valence-corrected chi connectivity index (χ3v) is 6.63. The molecule has 1 N–H and O–H groups in total. The van der Waals surface area contributed by atoms with Gasteiger partial charge in [-0.25, -0.2) is 9.48 Å². The van der Waals surface area contributed by atoms with Crippen LogP contribution in [0.25, 0.3) is 11.5 Å². The Bertz CT molecular complexity index is 1300. The second kappa shape index (κ2) is 10.8. The van der Waals surface area contributed by atoms with Crippen LogP contribution in [-0.4, -0.2) is 45.0 Å². The van der Waals surface area contributed by atoms with Gasteiger partial charge in [-0.1, -0.05) is 55.5 Å². The average molecular weight is 484 g/mol. The van der Waals surface area contributed by atoms with E-state index in [1.165, 1.54) is 0 Å². The minimum Gasteiger partial charge on any atom is -0.382 e. The lowest BCUT2D eigenvalue weighted by Gasteiger charge is -2.31. The molecule has 0 aliphatic carbocycles. The van der Waals surface area contributed by atoms with Gasteiger partial charge in [-0.05, 0) is 49.6 Å². The normalized spacial score (nSPS) is 14.7. The Morgan fingerprint density at radius 3 is 2.50 bits per heavy atom. The zero-order chi connectivity index (χ0) is 24.9. The summed E-state index contributed by atoms with van der Waals surface area (Å²) < 4.78 is 9.67. The van der Waals surface area contributed by atoms with Gasteiger partial charge in [0.1, 0.15) is 5.82 Å². The fraction of sp³-hybridized carbons (Fsp3) is 0.310. The van der Waals surface area contributed by atoms with Crippen molar-refractivity contribution in [2.24, 2.45) is 0 Å². The van der Waals surface area contributed by atoms with Crippen LogP contribution in [0.15, 0.2) is 79.0 Å². The third kappa shape index (κ3) is 4.54. The van der Waals surface area contributed by atoms with E-state index in [0.717, 1.165) is 46.9 Å². The van der Waals surface area contributed by atoms with Crippen LogP contribution < -0.4 is 5.32 Å². The minimum absolute atomic E-state index is 0.0875. The summed E-state index contributed by atoms with van der Waals surface area (Å²) in [5, 5.41) is 8.15. The molecule has 7 heteroatoms. The first-order chi connectivity index (χ1) is 17.7. The van der Waals surface area contributed by atoms with E-state index >= 15 is 0 Å². The number of fused-ring (bicyclic) bond motifs is 3. The predicted octanol–water partition coefficient (Wildman–Crippen LogP) is 5.27. The van der Waals surface area contributed by atoms with Gasteiger partial charge in [0.05, 0.1) is 29.7 Å². The van der Waals surface area contributed by atoms with Crippen molar-refractivity contribution in [3.05, 3.63) is 102 Å². The number of nitrogens with zero attached hydrogens (tertiary/aromatic N) is 4. The summed E-state index contributed by atoms with van der Waals surface area (Å²) in [4.78, 5) is 15.7. The first kappa shape index (κ1) is 23.9. The number of urea groups is 1. The Hall–Kier alpha value is -3.84. The van der Waals surface area contributed by atoms with Gasteiger partial charge in [-0.15, -0.1) is 0 Å². The molecule has 0 saturated heterocycles. The summed E-state index contributed by atoms with van der Waals surface area (Å²) in [6.45, 7) is 6.44. The number of benzene rings is 2. The number of hydrogen-bond acceptors (Lipinski definition) is 3. The highest BCUT2D eigenvalue weighted by Crippen LogP contribution is 2.38. The number of aryl methyl sites for hydroxylation is 1. The number of nitrogens with one attached hydrogen (secondary N) is 1. The van der Waals surface area contributed by atoms with Crippen molar-refractivity contribution in [2.75, 3.05) is 19.8 Å². The molecule has 1 aliphatic rings. The van der Waals surface area contributed by atoms with Gasteiger partial charge in [0, 0.05) is 31.5 Å². The monoisotopic (exact) mass is 483 g/mol. The van der Waals surface area contributed by atoms with Crippen LogP contribution in [0.2, 0.25) is 0 Å². The molecule has 7 nitrogen and oxygen atoms in total. The molecular formula is C29H33N5O2. The summed E-state index contributed by atoms with van der Waals surface area (Å²) in [5.41, 5.74) is 5.17. The number of para-hydroxylation sites is 1. The Kier molecular flexibility index (Phi) is 7.18. The van der Waals surface area contributed by atoms with Crippen LogP contribution in [-0.2, 0) is 17.7 Å². The van der Waals surface area contributed by atoms with E-state index in [0.29, 0.717) is 26.3 Å². The van der Waals surface area contributed by atoms with Gasteiger partial charge in [0.25, 0.3) is 0 Å². The SMILES string of the molecule is CCOCCCNC(=O)N1Cc2c(CC)nn(-c3ccccc3)c2-n2cccc2C1c1ccccc1. The van der Waals surface area contributed by atoms with Crippen molar-refractivity contribution in [1.29, 1.82) is 0 Å². The predicted molar refractivity (Wildman–Crippen MR) is 141 cm³/mol. The Balaban J connectivity index is 1.62. The minimum atomic E-state index is -0.241. The number of rotatable bonds is 8. The summed E-state index contributed by atoms with van der Waals surface area (Å²) in [6, 6.07) is 24.3. The zero-order valence-corrected chi connectivity index (χ0v) is 20.9. The third-order valence-electron chi connectivity index (χ3n) is 6.63. The van der Waals surface area contributed by atoms with Crippen molar-refractivity contribution in [2.45, 2.75) is 39.3 Å². The number of carbonyl (C=O) groups excluding carboxylic acids is 1. The fourth-order valence-corrected chi connectivity index (χ4v) is 4.95. The van der Waals surface area contributed by atoms with Crippen LogP contribution in [0.5, 0.6) is 0 Å². The maximum atomic E-state index is 13.7. The van der Waals surface area contributed by atoms with E-state index in [1.807, 2.05) is 59.0 Å². The average Bonchev–Trinajstić information content (AvgIpc) is 3.50. The van der Waals surface area contributed by atoms with E-state index in [2.05, 4.69) is 53.3 Å². The van der Waals surface area contributed by atoms with Gasteiger partial charge < -0.3 is 19.5 Å². The van der Waals surface area contributed by atoms with Gasteiger partial charge in [-0.2, -0.15) is 5.10 Å². The van der Waals surface area contributed by atoms with E-state index in [-0.39, 0.29) is 12.1 Å². The number of carbonyl (C=O) groups is 1. The first-order valence-electron chi connectivity index (χ1n) is 12.7. The van der Waals surface area contributed by atoms with E-state index in [9.17, 15) is 4.79 Å². The van der Waals surface area contributed by atoms with Crippen LogP contribution in [0, 0.1) is 0 Å². The first-order valence-corrected chi connectivity index (χ1v) is 12.7. The van der Waals surface area contributed by atoms with E-state index in [4.69, 9.17) is 9.84 Å². The molecule has 1 aliphatic heterocycles. The topological polar surface area (TPSA) is 64.3 Å². The van der Waals surface area contributed by atoms with Crippen molar-refractivity contribution in [3.63, 3.8) is 0 Å². The molecule has 1 unspecified atom stereocenters. The lowest BCUT2D eigenvalue weighted by atomic mass is 10.0. The fourth-order valence-electron chi connectivity index (χ4n) is 4.95. The molecule has 2 amide bonds. The molecule has 4 aromatic rings. The van der Waals surface area contributed by atoms with E-state index < -0.39 is 0 Å². The van der Waals surface area contributed by atoms with Gasteiger partial charge in [-0.3, -0.25) is 0 Å². The Labute approximate surface area is 212 Å². The summed E-state index contributed by atoms with van der Waals surface area (Å²) in [6.07, 6.45) is 3.63. The number of hydrogen-bond donors (Lipinski definition) is 1. The maximum Gasteiger partial charge on any atom is 0.318 e. The van der Waals surface area contributed by atoms with E-state index in [1.54, 1.807) is 0 Å². The highest BCUT2D eigenvalue weighted by Gasteiger charge is 2.36. The highest BCUT2D eigenvalue weighted by atomic mass is 16.5. The van der Waals surface area contributed by atoms with Crippen molar-refractivity contribution in [3.8, 4) is 11.5 Å². The quantitative estimate of drug-likeness (QED) is 0.348. The molecule has 1 atom stereocenters. The van der Waals surface area contributed by atoms with Crippen LogP contribution >= 0.6 is 0 Å². The van der Waals surface area contributed by atoms with Gasteiger partial charge in [0.15, 0.2) is 0 Å². The lowest BCUT2D eigenvalue weighted by Crippen LogP contribution is -2.42. The number of amides is 2. The van der Waals surface area contributed by atoms with Crippen molar-refractivity contribution >= 4 is 6.03 Å². The molecule has 2 aromatic heterocycles. The largest absolute Gasteiger partial charge is 0.382 e. The zero-order valence-electron chi connectivity index (χ0n) is 20.9. The van der Waals surface area contributed by atoms with Crippen molar-refractivity contribution in [1.82, 2.24) is 24.6 Å². The molecule has 0 fully saturated rings. The standard InChI is InChI=1S/C29H33N5O2/c1-3-25-24-21-33(29(35)30-18-12-20-36-4-2)27(22-13-7-5-8-14-22)26-17-11-19-32(26)28(24)34(31-25)23-15-9-6-10-16-23/h5-11,13-17,19,27H,3-4,12,18,20-21H2,1-2H3,(H,30,35). The molecule has 3 heterocycles. The molecule has 0 saturated carbocycles. The molecular weight excluding hydrogens is 450 g/mol. The van der Waals surface area contributed by atoms with Crippen LogP contribution in [0.1, 0.15) is 48.8 Å². The summed E-state index contributed by atoms with van der Waals surface area (Å²) in [7, 11) is 0.